The van der Waals surface area contributed by atoms with E-state index in [0.29, 0.717) is 39.4 Å². The summed E-state index contributed by atoms with van der Waals surface area (Å²) in [4.78, 5) is 29.3. The number of aliphatic hydroxyl groups is 1. The zero-order valence-corrected chi connectivity index (χ0v) is 42.7. The van der Waals surface area contributed by atoms with E-state index in [0.717, 1.165) is 38.6 Å². The van der Waals surface area contributed by atoms with Crippen LogP contribution in [-0.4, -0.2) is 85.9 Å². The molecule has 7 heteroatoms. The Hall–Kier alpha value is -1.70. The summed E-state index contributed by atoms with van der Waals surface area (Å²) in [5.74, 6) is -0.632. The highest BCUT2D eigenvalue weighted by molar-refractivity contribution is 5.82. The minimum Gasteiger partial charge on any atom is -0.463 e. The van der Waals surface area contributed by atoms with Gasteiger partial charge in [0.25, 0.3) is 0 Å². The Bertz CT molecular complexity index is 946. The van der Waals surface area contributed by atoms with Crippen molar-refractivity contribution in [2.75, 3.05) is 53.0 Å². The van der Waals surface area contributed by atoms with Crippen LogP contribution in [-0.2, 0) is 19.1 Å². The molecule has 0 heterocycles. The van der Waals surface area contributed by atoms with Crippen molar-refractivity contribution >= 4 is 11.9 Å². The minimum absolute atomic E-state index is 0.316. The largest absolute Gasteiger partial charge is 0.463 e. The van der Waals surface area contributed by atoms with E-state index in [4.69, 9.17) is 9.47 Å². The first-order valence-electron chi connectivity index (χ1n) is 27.7. The van der Waals surface area contributed by atoms with Crippen LogP contribution in [0.4, 0.5) is 0 Å². The van der Waals surface area contributed by atoms with Crippen LogP contribution in [0.5, 0.6) is 0 Å². The third-order valence-electron chi connectivity index (χ3n) is 12.6. The number of likely N-dealkylation sites (N-methyl/N-ethyl adjacent to an activating group) is 1. The van der Waals surface area contributed by atoms with Crippen LogP contribution in [0.2, 0.25) is 0 Å². The van der Waals surface area contributed by atoms with Gasteiger partial charge in [-0.1, -0.05) is 258 Å². The molecule has 0 aliphatic heterocycles. The molecule has 0 amide bonds. The summed E-state index contributed by atoms with van der Waals surface area (Å²) in [5.41, 5.74) is 0. The van der Waals surface area contributed by atoms with Crippen LogP contribution in [0.3, 0.4) is 0 Å². The van der Waals surface area contributed by atoms with Crippen molar-refractivity contribution in [2.24, 2.45) is 0 Å². The maximum atomic E-state index is 12.5. The van der Waals surface area contributed by atoms with Gasteiger partial charge in [0.05, 0.1) is 19.3 Å². The molecule has 0 saturated carbocycles. The molecular weight excluding hydrogens is 781 g/mol. The normalized spacial score (nSPS) is 12.4. The van der Waals surface area contributed by atoms with Gasteiger partial charge in [-0.3, -0.25) is 4.90 Å². The Labute approximate surface area is 392 Å². The molecule has 1 atom stereocenters. The Kier molecular flexibility index (Phi) is 49.9. The summed E-state index contributed by atoms with van der Waals surface area (Å²) in [7, 11) is 2.09. The molecule has 1 N–H and O–H groups in total. The second kappa shape index (κ2) is 51.3. The average molecular weight is 889 g/mol. The number of unbranched alkanes of at least 4 members (excludes halogenated alkanes) is 35. The summed E-state index contributed by atoms with van der Waals surface area (Å²) < 4.78 is 11.0. The lowest BCUT2D eigenvalue weighted by Crippen LogP contribution is -2.39. The zero-order valence-electron chi connectivity index (χ0n) is 42.7. The second-order valence-electron chi connectivity index (χ2n) is 19.1. The molecule has 0 aromatic heterocycles. The fourth-order valence-corrected chi connectivity index (χ4v) is 8.53. The quantitative estimate of drug-likeness (QED) is 0.0370. The molecule has 7 nitrogen and oxygen atoms in total. The van der Waals surface area contributed by atoms with Crippen LogP contribution in [0.25, 0.3) is 0 Å². The fourth-order valence-electron chi connectivity index (χ4n) is 8.53. The van der Waals surface area contributed by atoms with Crippen molar-refractivity contribution in [1.82, 2.24) is 9.80 Å². The van der Waals surface area contributed by atoms with Crippen LogP contribution in [0, 0.1) is 0 Å². The molecule has 0 fully saturated rings. The van der Waals surface area contributed by atoms with Crippen LogP contribution in [0.1, 0.15) is 265 Å². The molecule has 0 spiro atoms. The lowest BCUT2D eigenvalue weighted by Gasteiger charge is -2.26. The molecule has 1 unspecified atom stereocenters. The molecule has 0 aliphatic carbocycles. The topological polar surface area (TPSA) is 79.3 Å². The summed E-state index contributed by atoms with van der Waals surface area (Å²) in [6.45, 7) is 10.7. The number of rotatable bonds is 51. The van der Waals surface area contributed by atoms with E-state index in [2.05, 4.69) is 37.6 Å². The Balaban J connectivity index is 4.52. The van der Waals surface area contributed by atoms with Gasteiger partial charge in [-0.15, -0.1) is 0 Å². The van der Waals surface area contributed by atoms with Crippen molar-refractivity contribution in [3.8, 4) is 0 Å². The smallest absolute Gasteiger partial charge is 0.330 e. The molecule has 0 radical (unpaired) electrons. The fraction of sp³-hybridized carbons (Fsp3) is 0.893. The van der Waals surface area contributed by atoms with E-state index in [9.17, 15) is 14.7 Å². The minimum atomic E-state index is -0.542. The second-order valence-corrected chi connectivity index (χ2v) is 19.1. The first-order chi connectivity index (χ1) is 30.9. The van der Waals surface area contributed by atoms with Gasteiger partial charge >= 0.3 is 11.9 Å². The van der Waals surface area contributed by atoms with E-state index in [1.165, 1.54) is 224 Å². The number of aliphatic hydroxyl groups excluding tert-OH is 1. The van der Waals surface area contributed by atoms with Gasteiger partial charge in [-0.2, -0.15) is 0 Å². The molecule has 63 heavy (non-hydrogen) atoms. The van der Waals surface area contributed by atoms with Crippen molar-refractivity contribution in [3.05, 3.63) is 24.3 Å². The predicted molar refractivity (Wildman–Crippen MR) is 273 cm³/mol. The van der Waals surface area contributed by atoms with Gasteiger partial charge in [-0.05, 0) is 32.9 Å². The number of hydrogen-bond donors (Lipinski definition) is 1. The standard InChI is InChI=1S/C56H108N2O5/c1-5-8-11-14-17-20-23-26-29-32-35-38-41-50-62-55(60)45-43-48-58(53-54(59)52-57(4)47-40-37-34-31-28-25-22-19-16-13-10-7-3)49-44-46-56(61)63-51-42-39-36-33-30-27-24-21-18-15-12-9-6-2/h43-46,54,59H,5-42,47-53H2,1-4H3/b45-43+,46-44+. The van der Waals surface area contributed by atoms with E-state index >= 15 is 0 Å². The third kappa shape index (κ3) is 49.6. The van der Waals surface area contributed by atoms with E-state index in [1.54, 1.807) is 0 Å². The summed E-state index contributed by atoms with van der Waals surface area (Å²) in [5, 5.41) is 11.1. The molecule has 0 aliphatic rings. The van der Waals surface area contributed by atoms with Crippen molar-refractivity contribution < 1.29 is 24.2 Å². The van der Waals surface area contributed by atoms with E-state index < -0.39 is 6.10 Å². The van der Waals surface area contributed by atoms with Crippen molar-refractivity contribution in [2.45, 2.75) is 271 Å². The molecule has 0 rings (SSSR count). The average Bonchev–Trinajstić information content (AvgIpc) is 3.26. The van der Waals surface area contributed by atoms with Gasteiger partial charge in [0.2, 0.25) is 0 Å². The number of carbonyl (C=O) groups is 2. The highest BCUT2D eigenvalue weighted by Gasteiger charge is 2.13. The van der Waals surface area contributed by atoms with Crippen molar-refractivity contribution in [1.29, 1.82) is 0 Å². The van der Waals surface area contributed by atoms with Crippen LogP contribution >= 0.6 is 0 Å². The van der Waals surface area contributed by atoms with Gasteiger partial charge in [0.15, 0.2) is 0 Å². The number of hydrogen-bond acceptors (Lipinski definition) is 7. The number of nitrogens with zero attached hydrogens (tertiary/aromatic N) is 2. The Morgan fingerprint density at radius 2 is 0.683 bits per heavy atom. The first-order valence-corrected chi connectivity index (χ1v) is 27.7. The predicted octanol–water partition coefficient (Wildman–Crippen LogP) is 15.7. The highest BCUT2D eigenvalue weighted by Crippen LogP contribution is 2.15. The van der Waals surface area contributed by atoms with Gasteiger partial charge in [0, 0.05) is 38.3 Å². The number of ether oxygens (including phenoxy) is 2. The lowest BCUT2D eigenvalue weighted by atomic mass is 10.0. The Morgan fingerprint density at radius 1 is 0.413 bits per heavy atom. The monoisotopic (exact) mass is 889 g/mol. The van der Waals surface area contributed by atoms with Crippen molar-refractivity contribution in [3.63, 3.8) is 0 Å². The maximum Gasteiger partial charge on any atom is 0.330 e. The van der Waals surface area contributed by atoms with Gasteiger partial charge in [-0.25, -0.2) is 9.59 Å². The molecule has 0 aromatic rings. The third-order valence-corrected chi connectivity index (χ3v) is 12.6. The SMILES string of the molecule is CCCCCCCCCCCCCCCOC(=O)/C=C/CN(C/C=C/C(=O)OCCCCCCCCCCCCCCC)CC(O)CN(C)CCCCCCCCCCCCCC. The van der Waals surface area contributed by atoms with Crippen LogP contribution < -0.4 is 0 Å². The molecule has 372 valence electrons. The van der Waals surface area contributed by atoms with E-state index in [-0.39, 0.29) is 11.9 Å². The Morgan fingerprint density at radius 3 is 0.984 bits per heavy atom. The summed E-state index contributed by atoms with van der Waals surface area (Å²) in [6, 6.07) is 0. The first kappa shape index (κ1) is 61.3. The number of carbonyl (C=O) groups excluding carboxylic acids is 2. The molecule has 0 bridgehead atoms. The summed E-state index contributed by atoms with van der Waals surface area (Å²) in [6.07, 6.45) is 55.7. The molecule has 0 saturated heterocycles. The summed E-state index contributed by atoms with van der Waals surface area (Å²) >= 11 is 0. The lowest BCUT2D eigenvalue weighted by molar-refractivity contribution is -0.138. The maximum absolute atomic E-state index is 12.5. The molecule has 0 aromatic carbocycles. The number of esters is 2. The van der Waals surface area contributed by atoms with Crippen LogP contribution in [0.15, 0.2) is 24.3 Å². The van der Waals surface area contributed by atoms with E-state index in [1.807, 2.05) is 12.2 Å². The van der Waals surface area contributed by atoms with Gasteiger partial charge in [0.1, 0.15) is 0 Å². The highest BCUT2D eigenvalue weighted by atomic mass is 16.5. The molecular formula is C56H108N2O5. The van der Waals surface area contributed by atoms with Gasteiger partial charge < -0.3 is 19.5 Å². The zero-order chi connectivity index (χ0) is 45.9.